The van der Waals surface area contributed by atoms with Crippen LogP contribution in [0.5, 0.6) is 0 Å². The highest BCUT2D eigenvalue weighted by molar-refractivity contribution is 5.89. The van der Waals surface area contributed by atoms with Gasteiger partial charge in [-0.3, -0.25) is 4.98 Å². The van der Waals surface area contributed by atoms with Crippen molar-refractivity contribution in [1.82, 2.24) is 4.98 Å². The van der Waals surface area contributed by atoms with Gasteiger partial charge in [0.1, 0.15) is 0 Å². The zero-order valence-electron chi connectivity index (χ0n) is 25.3. The molecule has 0 aliphatic heterocycles. The van der Waals surface area contributed by atoms with Crippen LogP contribution in [0.3, 0.4) is 0 Å². The highest BCUT2D eigenvalue weighted by atomic mass is 14.6. The Kier molecular flexibility index (Phi) is 6.73. The largest absolute Gasteiger partial charge is 0.264 e. The lowest BCUT2D eigenvalue weighted by atomic mass is 9.68. The number of benzene rings is 6. The molecule has 6 aromatic carbocycles. The molecule has 1 nitrogen and oxygen atoms in total. The smallest absolute Gasteiger partial charge is 0.0728 e. The fourth-order valence-corrected chi connectivity index (χ4v) is 7.43. The second-order valence-corrected chi connectivity index (χ2v) is 12.0. The van der Waals surface area contributed by atoms with E-state index in [1.165, 1.54) is 66.8 Å². The summed E-state index contributed by atoms with van der Waals surface area (Å²) < 4.78 is 0. The van der Waals surface area contributed by atoms with Gasteiger partial charge in [0.2, 0.25) is 0 Å². The van der Waals surface area contributed by atoms with Gasteiger partial charge in [0.05, 0.1) is 5.41 Å². The van der Waals surface area contributed by atoms with Crippen LogP contribution in [0, 0.1) is 0 Å². The molecule has 0 bridgehead atoms. The van der Waals surface area contributed by atoms with Gasteiger partial charge in [-0.2, -0.15) is 0 Å². The Morgan fingerprint density at radius 3 is 1.82 bits per heavy atom. The molecule has 0 saturated carbocycles. The number of fused-ring (bicyclic) bond motifs is 3. The van der Waals surface area contributed by atoms with Gasteiger partial charge in [0.25, 0.3) is 0 Å². The molecule has 1 heteroatoms. The first-order chi connectivity index (χ1) is 22.2. The lowest BCUT2D eigenvalue weighted by Gasteiger charge is -2.33. The van der Waals surface area contributed by atoms with Gasteiger partial charge < -0.3 is 0 Å². The summed E-state index contributed by atoms with van der Waals surface area (Å²) in [4.78, 5) is 4.58. The maximum atomic E-state index is 4.58. The molecule has 214 valence electrons. The van der Waals surface area contributed by atoms with Gasteiger partial charge in [-0.1, -0.05) is 159 Å². The third-order valence-electron chi connectivity index (χ3n) is 9.60. The molecular formula is C44H33N. The maximum absolute atomic E-state index is 4.58. The van der Waals surface area contributed by atoms with E-state index in [2.05, 4.69) is 176 Å². The molecule has 2 atom stereocenters. The maximum Gasteiger partial charge on any atom is 0.0728 e. The summed E-state index contributed by atoms with van der Waals surface area (Å²) in [6, 6.07) is 59.7. The van der Waals surface area contributed by atoms with Gasteiger partial charge in [0, 0.05) is 18.3 Å². The molecule has 2 unspecified atom stereocenters. The van der Waals surface area contributed by atoms with Gasteiger partial charge in [-0.25, -0.2) is 0 Å². The molecule has 0 radical (unpaired) electrons. The molecule has 0 saturated heterocycles. The van der Waals surface area contributed by atoms with Gasteiger partial charge in [0.15, 0.2) is 0 Å². The molecule has 1 heterocycles. The van der Waals surface area contributed by atoms with E-state index >= 15 is 0 Å². The second-order valence-electron chi connectivity index (χ2n) is 12.0. The van der Waals surface area contributed by atoms with Crippen molar-refractivity contribution in [3.8, 4) is 33.4 Å². The highest BCUT2D eigenvalue weighted by Crippen LogP contribution is 2.56. The zero-order valence-corrected chi connectivity index (χ0v) is 25.3. The fraction of sp³-hybridized carbons (Fsp3) is 0.0682. The third kappa shape index (κ3) is 4.43. The first-order valence-electron chi connectivity index (χ1n) is 15.7. The minimum atomic E-state index is -0.428. The minimum Gasteiger partial charge on any atom is -0.264 e. The van der Waals surface area contributed by atoms with E-state index in [9.17, 15) is 0 Å². The Morgan fingerprint density at radius 1 is 0.467 bits per heavy atom. The van der Waals surface area contributed by atoms with E-state index in [1.807, 2.05) is 12.4 Å². The van der Waals surface area contributed by atoms with Crippen LogP contribution in [0.4, 0.5) is 0 Å². The van der Waals surface area contributed by atoms with Crippen LogP contribution in [0.1, 0.15) is 46.2 Å². The van der Waals surface area contributed by atoms with Crippen LogP contribution in [-0.2, 0) is 5.41 Å². The molecule has 8 rings (SSSR count). The Bertz CT molecular complexity index is 2060. The Balaban J connectivity index is 1.23. The number of hydrogen-bond donors (Lipinski definition) is 0. The summed E-state index contributed by atoms with van der Waals surface area (Å²) >= 11 is 0. The van der Waals surface area contributed by atoms with Crippen LogP contribution < -0.4 is 0 Å². The minimum absolute atomic E-state index is 0.309. The first-order valence-corrected chi connectivity index (χ1v) is 15.7. The Hall–Kier alpha value is -5.53. The van der Waals surface area contributed by atoms with Crippen LogP contribution in [0.25, 0.3) is 33.4 Å². The first kappa shape index (κ1) is 27.0. The fourth-order valence-electron chi connectivity index (χ4n) is 7.43. The standard InChI is InChI=1S/C44H33N/c1-31(32-13-4-2-5-14-32)38-18-8-9-19-39(38)34-24-22-33(23-25-34)35-26-27-43-41(29-35)40-20-10-11-21-42(40)44(43,36-15-6-3-7-16-36)37-17-12-28-45-30-37/h2-31H,1H3. The lowest BCUT2D eigenvalue weighted by Crippen LogP contribution is -2.28. The molecule has 1 aromatic heterocycles. The van der Waals surface area contributed by atoms with Crippen molar-refractivity contribution in [2.45, 2.75) is 18.3 Å². The Morgan fingerprint density at radius 2 is 1.07 bits per heavy atom. The molecule has 0 amide bonds. The van der Waals surface area contributed by atoms with E-state index in [1.54, 1.807) is 0 Å². The molecule has 45 heavy (non-hydrogen) atoms. The summed E-state index contributed by atoms with van der Waals surface area (Å²) in [5.41, 5.74) is 14.8. The summed E-state index contributed by atoms with van der Waals surface area (Å²) in [5.74, 6) is 0.309. The van der Waals surface area contributed by atoms with Crippen LogP contribution in [0.15, 0.2) is 176 Å². The molecule has 1 aliphatic rings. The van der Waals surface area contributed by atoms with Crippen molar-refractivity contribution < 1.29 is 0 Å². The predicted octanol–water partition coefficient (Wildman–Crippen LogP) is 10.9. The second kappa shape index (κ2) is 11.2. The van der Waals surface area contributed by atoms with E-state index in [0.29, 0.717) is 5.92 Å². The molecule has 1 aliphatic carbocycles. The average molecular weight is 576 g/mol. The number of rotatable bonds is 6. The van der Waals surface area contributed by atoms with Crippen molar-refractivity contribution in [3.63, 3.8) is 0 Å². The van der Waals surface area contributed by atoms with Crippen molar-refractivity contribution >= 4 is 0 Å². The van der Waals surface area contributed by atoms with E-state index in [0.717, 1.165) is 0 Å². The number of aromatic nitrogens is 1. The number of hydrogen-bond acceptors (Lipinski definition) is 1. The predicted molar refractivity (Wildman–Crippen MR) is 186 cm³/mol. The van der Waals surface area contributed by atoms with E-state index in [-0.39, 0.29) is 0 Å². The monoisotopic (exact) mass is 575 g/mol. The van der Waals surface area contributed by atoms with Gasteiger partial charge in [-0.15, -0.1) is 0 Å². The SMILES string of the molecule is CC(c1ccccc1)c1ccccc1-c1ccc(-c2ccc3c(c2)-c2ccccc2C3(c2ccccc2)c2cccnc2)cc1. The van der Waals surface area contributed by atoms with Crippen LogP contribution >= 0.6 is 0 Å². The van der Waals surface area contributed by atoms with Gasteiger partial charge >= 0.3 is 0 Å². The third-order valence-corrected chi connectivity index (χ3v) is 9.60. The summed E-state index contributed by atoms with van der Waals surface area (Å²) in [6.07, 6.45) is 3.89. The average Bonchev–Trinajstić information content (AvgIpc) is 3.43. The zero-order chi connectivity index (χ0) is 30.2. The molecule has 0 spiro atoms. The Labute approximate surface area is 265 Å². The summed E-state index contributed by atoms with van der Waals surface area (Å²) in [5, 5.41) is 0. The molecule has 0 fully saturated rings. The van der Waals surface area contributed by atoms with Crippen molar-refractivity contribution in [2.24, 2.45) is 0 Å². The number of pyridine rings is 1. The van der Waals surface area contributed by atoms with E-state index < -0.39 is 5.41 Å². The van der Waals surface area contributed by atoms with Crippen LogP contribution in [-0.4, -0.2) is 4.98 Å². The lowest BCUT2D eigenvalue weighted by molar-refractivity contribution is 0.763. The quantitative estimate of drug-likeness (QED) is 0.192. The number of nitrogens with zero attached hydrogens (tertiary/aromatic N) is 1. The normalized spacial score (nSPS) is 15.7. The molecular weight excluding hydrogens is 542 g/mol. The topological polar surface area (TPSA) is 12.9 Å². The highest BCUT2D eigenvalue weighted by Gasteiger charge is 2.46. The summed E-state index contributed by atoms with van der Waals surface area (Å²) in [6.45, 7) is 2.30. The summed E-state index contributed by atoms with van der Waals surface area (Å²) in [7, 11) is 0. The molecule has 0 N–H and O–H groups in total. The van der Waals surface area contributed by atoms with Crippen LogP contribution in [0.2, 0.25) is 0 Å². The van der Waals surface area contributed by atoms with E-state index in [4.69, 9.17) is 0 Å². The van der Waals surface area contributed by atoms with Crippen molar-refractivity contribution in [2.75, 3.05) is 0 Å². The van der Waals surface area contributed by atoms with Gasteiger partial charge in [-0.05, 0) is 78.9 Å². The van der Waals surface area contributed by atoms with Crippen molar-refractivity contribution in [1.29, 1.82) is 0 Å². The van der Waals surface area contributed by atoms with Crippen molar-refractivity contribution in [3.05, 3.63) is 210 Å². The molecule has 7 aromatic rings.